The molecule has 1 saturated heterocycles. The number of anilines is 1. The van der Waals surface area contributed by atoms with Crippen LogP contribution >= 0.6 is 11.6 Å². The van der Waals surface area contributed by atoms with E-state index >= 15 is 0 Å². The minimum absolute atomic E-state index is 0.180. The number of ether oxygens (including phenoxy) is 2. The molecule has 0 bridgehead atoms. The zero-order chi connectivity index (χ0) is 14.6. The topological polar surface area (TPSA) is 59.6 Å². The van der Waals surface area contributed by atoms with Crippen LogP contribution in [0.15, 0.2) is 18.2 Å². The van der Waals surface area contributed by atoms with Crippen LogP contribution in [0.25, 0.3) is 0 Å². The van der Waals surface area contributed by atoms with E-state index in [2.05, 4.69) is 10.6 Å². The number of carbonyl (C=O) groups is 1. The summed E-state index contributed by atoms with van der Waals surface area (Å²) in [7, 11) is 3.40. The number of halogens is 1. The first-order chi connectivity index (χ1) is 9.60. The van der Waals surface area contributed by atoms with Crippen LogP contribution in [0, 0.1) is 0 Å². The van der Waals surface area contributed by atoms with Gasteiger partial charge in [0.15, 0.2) is 0 Å². The number of benzene rings is 1. The number of methoxy groups -OCH3 is 1. The van der Waals surface area contributed by atoms with Gasteiger partial charge in [-0.3, -0.25) is 4.79 Å². The molecule has 0 aliphatic carbocycles. The summed E-state index contributed by atoms with van der Waals surface area (Å²) in [5.74, 6) is -0.180. The first-order valence-corrected chi connectivity index (χ1v) is 6.86. The van der Waals surface area contributed by atoms with Gasteiger partial charge in [-0.25, -0.2) is 0 Å². The minimum Gasteiger partial charge on any atom is -0.387 e. The van der Waals surface area contributed by atoms with Crippen LogP contribution in [-0.4, -0.2) is 45.4 Å². The number of nitrogens with one attached hydrogen (secondary N) is 2. The van der Waals surface area contributed by atoms with Crippen molar-refractivity contribution in [2.24, 2.45) is 0 Å². The first-order valence-electron chi connectivity index (χ1n) is 6.49. The lowest BCUT2D eigenvalue weighted by molar-refractivity contribution is -0.0148. The van der Waals surface area contributed by atoms with Gasteiger partial charge in [-0.15, -0.1) is 0 Å². The van der Waals surface area contributed by atoms with Gasteiger partial charge in [0, 0.05) is 44.4 Å². The Hall–Kier alpha value is -1.30. The highest BCUT2D eigenvalue weighted by molar-refractivity contribution is 6.31. The van der Waals surface area contributed by atoms with E-state index in [1.807, 2.05) is 0 Å². The molecule has 1 aromatic rings. The van der Waals surface area contributed by atoms with Gasteiger partial charge in [-0.05, 0) is 18.2 Å². The van der Waals surface area contributed by atoms with Crippen molar-refractivity contribution in [3.8, 4) is 0 Å². The molecule has 0 aromatic heterocycles. The van der Waals surface area contributed by atoms with Crippen LogP contribution in [0.3, 0.4) is 0 Å². The zero-order valence-electron chi connectivity index (χ0n) is 11.7. The Bertz CT molecular complexity index is 487. The molecule has 6 heteroatoms. The predicted octanol–water partition coefficient (Wildman–Crippen LogP) is 1.92. The van der Waals surface area contributed by atoms with Gasteiger partial charge in [0.2, 0.25) is 0 Å². The molecule has 110 valence electrons. The van der Waals surface area contributed by atoms with E-state index in [-0.39, 0.29) is 5.91 Å². The number of amides is 1. The fourth-order valence-corrected chi connectivity index (χ4v) is 2.39. The van der Waals surface area contributed by atoms with Crippen LogP contribution in [0.1, 0.15) is 16.8 Å². The second kappa shape index (κ2) is 6.43. The number of carbonyl (C=O) groups excluding carboxylic acids is 1. The summed E-state index contributed by atoms with van der Waals surface area (Å²) in [4.78, 5) is 12.3. The fourth-order valence-electron chi connectivity index (χ4n) is 2.22. The molecule has 1 aliphatic heterocycles. The van der Waals surface area contributed by atoms with Crippen LogP contribution in [0.2, 0.25) is 5.02 Å². The average molecular weight is 299 g/mol. The molecular weight excluding hydrogens is 280 g/mol. The van der Waals surface area contributed by atoms with Crippen molar-refractivity contribution in [1.82, 2.24) is 5.32 Å². The molecule has 1 aliphatic rings. The molecule has 1 aromatic carbocycles. The largest absolute Gasteiger partial charge is 0.387 e. The van der Waals surface area contributed by atoms with Gasteiger partial charge in [-0.1, -0.05) is 11.6 Å². The van der Waals surface area contributed by atoms with Gasteiger partial charge in [-0.2, -0.15) is 0 Å². The van der Waals surface area contributed by atoms with Crippen molar-refractivity contribution >= 4 is 23.2 Å². The summed E-state index contributed by atoms with van der Waals surface area (Å²) in [5.41, 5.74) is 0.833. The Kier molecular flexibility index (Phi) is 4.86. The summed E-state index contributed by atoms with van der Waals surface area (Å²) in [5, 5.41) is 6.40. The van der Waals surface area contributed by atoms with Gasteiger partial charge in [0.1, 0.15) is 5.60 Å². The van der Waals surface area contributed by atoms with E-state index in [0.717, 1.165) is 12.1 Å². The molecule has 0 saturated carbocycles. The highest BCUT2D eigenvalue weighted by Crippen LogP contribution is 2.23. The highest BCUT2D eigenvalue weighted by Gasteiger charge is 2.35. The number of hydrogen-bond donors (Lipinski definition) is 2. The van der Waals surface area contributed by atoms with E-state index in [1.165, 1.54) is 0 Å². The van der Waals surface area contributed by atoms with E-state index < -0.39 is 5.60 Å². The molecule has 20 heavy (non-hydrogen) atoms. The summed E-state index contributed by atoms with van der Waals surface area (Å²) in [6.45, 7) is 1.57. The Morgan fingerprint density at radius 3 is 2.95 bits per heavy atom. The van der Waals surface area contributed by atoms with Crippen LogP contribution in [0.4, 0.5) is 5.69 Å². The molecule has 1 amide bonds. The van der Waals surface area contributed by atoms with Gasteiger partial charge >= 0.3 is 0 Å². The molecule has 1 fully saturated rings. The lowest BCUT2D eigenvalue weighted by Gasteiger charge is -2.26. The average Bonchev–Trinajstić information content (AvgIpc) is 2.94. The van der Waals surface area contributed by atoms with Gasteiger partial charge < -0.3 is 20.1 Å². The third-order valence-corrected chi connectivity index (χ3v) is 3.80. The number of rotatable bonds is 5. The maximum Gasteiger partial charge on any atom is 0.253 e. The van der Waals surface area contributed by atoms with E-state index in [9.17, 15) is 4.79 Å². The smallest absolute Gasteiger partial charge is 0.253 e. The summed E-state index contributed by atoms with van der Waals surface area (Å²) in [6, 6.07) is 5.17. The third-order valence-electron chi connectivity index (χ3n) is 3.57. The van der Waals surface area contributed by atoms with Crippen molar-refractivity contribution in [1.29, 1.82) is 0 Å². The second-order valence-corrected chi connectivity index (χ2v) is 5.25. The van der Waals surface area contributed by atoms with Crippen molar-refractivity contribution in [2.75, 3.05) is 39.2 Å². The molecule has 5 nitrogen and oxygen atoms in total. The maximum absolute atomic E-state index is 12.3. The molecule has 1 heterocycles. The summed E-state index contributed by atoms with van der Waals surface area (Å²) < 4.78 is 10.8. The normalized spacial score (nSPS) is 21.8. The van der Waals surface area contributed by atoms with Crippen LogP contribution in [-0.2, 0) is 9.47 Å². The maximum atomic E-state index is 12.3. The van der Waals surface area contributed by atoms with Crippen molar-refractivity contribution in [3.63, 3.8) is 0 Å². The SMILES string of the molecule is CNc1ccc(Cl)cc1C(=O)NCC1(OC)CCOC1. The minimum atomic E-state index is -0.423. The Morgan fingerprint density at radius 1 is 1.55 bits per heavy atom. The first kappa shape index (κ1) is 15.1. The lowest BCUT2D eigenvalue weighted by atomic mass is 10.0. The second-order valence-electron chi connectivity index (χ2n) is 4.81. The molecule has 1 atom stereocenters. The standard InChI is InChI=1S/C14H19ClN2O3/c1-16-12-4-3-10(15)7-11(12)13(18)17-8-14(19-2)5-6-20-9-14/h3-4,7,16H,5-6,8-9H2,1-2H3,(H,17,18). The third kappa shape index (κ3) is 3.23. The molecular formula is C14H19ClN2O3. The molecule has 1 unspecified atom stereocenters. The van der Waals surface area contributed by atoms with E-state index in [1.54, 1.807) is 32.4 Å². The Labute approximate surface area is 123 Å². The van der Waals surface area contributed by atoms with Crippen LogP contribution in [0.5, 0.6) is 0 Å². The van der Waals surface area contributed by atoms with Crippen molar-refractivity contribution in [3.05, 3.63) is 28.8 Å². The van der Waals surface area contributed by atoms with E-state index in [4.69, 9.17) is 21.1 Å². The van der Waals surface area contributed by atoms with Crippen LogP contribution < -0.4 is 10.6 Å². The van der Waals surface area contributed by atoms with Crippen molar-refractivity contribution < 1.29 is 14.3 Å². The molecule has 2 rings (SSSR count). The number of hydrogen-bond acceptors (Lipinski definition) is 4. The molecule has 0 radical (unpaired) electrons. The van der Waals surface area contributed by atoms with Gasteiger partial charge in [0.25, 0.3) is 5.91 Å². The van der Waals surface area contributed by atoms with E-state index in [0.29, 0.717) is 30.3 Å². The zero-order valence-corrected chi connectivity index (χ0v) is 12.4. The highest BCUT2D eigenvalue weighted by atomic mass is 35.5. The lowest BCUT2D eigenvalue weighted by Crippen LogP contribution is -2.45. The Morgan fingerprint density at radius 2 is 2.35 bits per heavy atom. The van der Waals surface area contributed by atoms with Gasteiger partial charge in [0.05, 0.1) is 12.2 Å². The molecule has 2 N–H and O–H groups in total. The quantitative estimate of drug-likeness (QED) is 0.872. The predicted molar refractivity (Wildman–Crippen MR) is 78.5 cm³/mol. The summed E-state index contributed by atoms with van der Waals surface area (Å²) in [6.07, 6.45) is 0.776. The summed E-state index contributed by atoms with van der Waals surface area (Å²) >= 11 is 5.95. The van der Waals surface area contributed by atoms with Crippen molar-refractivity contribution in [2.45, 2.75) is 12.0 Å². The monoisotopic (exact) mass is 298 g/mol. The fraction of sp³-hybridized carbons (Fsp3) is 0.500. The molecule has 0 spiro atoms. The Balaban J connectivity index is 2.06.